The molecule has 0 bridgehead atoms. The Balaban J connectivity index is 1.03. The van der Waals surface area contributed by atoms with Crippen molar-refractivity contribution in [3.63, 3.8) is 0 Å². The van der Waals surface area contributed by atoms with Crippen LogP contribution in [0.1, 0.15) is 85.6 Å². The number of allylic oxidation sites excluding steroid dienone is 4. The lowest BCUT2D eigenvalue weighted by Crippen LogP contribution is -2.30. The lowest BCUT2D eigenvalue weighted by atomic mass is 9.66. The van der Waals surface area contributed by atoms with Gasteiger partial charge in [0.1, 0.15) is 0 Å². The quantitative estimate of drug-likeness (QED) is 0.151. The van der Waals surface area contributed by atoms with Gasteiger partial charge in [-0.25, -0.2) is 0 Å². The summed E-state index contributed by atoms with van der Waals surface area (Å²) in [4.78, 5) is 2.60. The number of nitrogens with one attached hydrogen (secondary N) is 1. The van der Waals surface area contributed by atoms with E-state index in [0.717, 1.165) is 74.7 Å². The van der Waals surface area contributed by atoms with Crippen LogP contribution < -0.4 is 16.0 Å². The third kappa shape index (κ3) is 6.93. The number of fused-ring (bicyclic) bond motifs is 14. The number of anilines is 3. The molecule has 0 radical (unpaired) electrons. The molecule has 2 atom stereocenters. The summed E-state index contributed by atoms with van der Waals surface area (Å²) in [6.45, 7) is 0. The Morgan fingerprint density at radius 2 is 0.963 bits per heavy atom. The van der Waals surface area contributed by atoms with Gasteiger partial charge in [-0.05, 0) is 132 Å². The van der Waals surface area contributed by atoms with E-state index in [2.05, 4.69) is 308 Å². The molecule has 388 valence electrons. The summed E-state index contributed by atoms with van der Waals surface area (Å²) in [6.07, 6.45) is 11.7. The van der Waals surface area contributed by atoms with Crippen LogP contribution in [0, 0.1) is 0 Å². The fourth-order valence-electron chi connectivity index (χ4n) is 14.9. The molecular weight excluding hydrogens is 991 g/mol. The van der Waals surface area contributed by atoms with Crippen molar-refractivity contribution in [1.82, 2.24) is 5.32 Å². The Morgan fingerprint density at radius 1 is 0.439 bits per heavy atom. The van der Waals surface area contributed by atoms with E-state index >= 15 is 0 Å². The van der Waals surface area contributed by atoms with E-state index in [1.165, 1.54) is 77.9 Å². The van der Waals surface area contributed by atoms with Crippen molar-refractivity contribution in [3.05, 3.63) is 364 Å². The highest BCUT2D eigenvalue weighted by Crippen LogP contribution is 2.66. The van der Waals surface area contributed by atoms with Crippen LogP contribution in [0.15, 0.2) is 297 Å². The first kappa shape index (κ1) is 47.9. The van der Waals surface area contributed by atoms with E-state index in [-0.39, 0.29) is 0 Å². The molecule has 11 aromatic carbocycles. The van der Waals surface area contributed by atoms with Crippen LogP contribution in [-0.2, 0) is 10.8 Å². The highest BCUT2D eigenvalue weighted by molar-refractivity contribution is 6.08. The van der Waals surface area contributed by atoms with Gasteiger partial charge in [-0.1, -0.05) is 267 Å². The van der Waals surface area contributed by atoms with Gasteiger partial charge >= 0.3 is 0 Å². The van der Waals surface area contributed by atoms with Gasteiger partial charge in [-0.3, -0.25) is 0 Å². The molecule has 3 nitrogen and oxygen atoms in total. The minimum absolute atomic E-state index is 0.455. The fourth-order valence-corrected chi connectivity index (χ4v) is 14.9. The third-order valence-electron chi connectivity index (χ3n) is 18.2. The molecule has 5 aliphatic rings. The van der Waals surface area contributed by atoms with E-state index < -0.39 is 16.9 Å². The summed E-state index contributed by atoms with van der Waals surface area (Å²) in [7, 11) is 0. The van der Waals surface area contributed by atoms with Gasteiger partial charge in [0.2, 0.25) is 0 Å². The molecule has 1 heterocycles. The van der Waals surface area contributed by atoms with Gasteiger partial charge in [0, 0.05) is 33.6 Å². The average Bonchev–Trinajstić information content (AvgIpc) is 2.39. The SMILES string of the molecule is NC(/C(=C1\NC(c2ccccc2)=Cc2c1cccc2N(c1ccc2c(c1)C(C1=CCCC=C1)(c1ccccc1)c1ccccc1-2)c1cccc2c1-c1ccccc1C21c2ccccc2-c2ccccc21)c1ccccc1)c1ccccc1. The second kappa shape index (κ2) is 19.1. The van der Waals surface area contributed by atoms with Crippen LogP contribution in [0.3, 0.4) is 0 Å². The number of benzene rings is 11. The maximum atomic E-state index is 7.64. The predicted octanol–water partition coefficient (Wildman–Crippen LogP) is 18.8. The summed E-state index contributed by atoms with van der Waals surface area (Å²) < 4.78 is 0. The lowest BCUT2D eigenvalue weighted by Gasteiger charge is -2.37. The van der Waals surface area contributed by atoms with Crippen molar-refractivity contribution in [2.24, 2.45) is 5.73 Å². The highest BCUT2D eigenvalue weighted by Gasteiger charge is 2.53. The van der Waals surface area contributed by atoms with Crippen LogP contribution in [0.2, 0.25) is 0 Å². The topological polar surface area (TPSA) is 41.3 Å². The molecule has 2 unspecified atom stereocenters. The second-order valence-corrected chi connectivity index (χ2v) is 22.3. The molecule has 1 spiro atoms. The second-order valence-electron chi connectivity index (χ2n) is 22.3. The molecule has 0 fully saturated rings. The van der Waals surface area contributed by atoms with E-state index in [9.17, 15) is 0 Å². The van der Waals surface area contributed by atoms with E-state index in [1.807, 2.05) is 0 Å². The molecule has 3 N–H and O–H groups in total. The van der Waals surface area contributed by atoms with Gasteiger partial charge in [0.15, 0.2) is 0 Å². The maximum absolute atomic E-state index is 7.64. The Bertz CT molecular complexity index is 4440. The van der Waals surface area contributed by atoms with Crippen molar-refractivity contribution in [2.45, 2.75) is 29.7 Å². The van der Waals surface area contributed by atoms with Gasteiger partial charge in [0.25, 0.3) is 0 Å². The maximum Gasteiger partial charge on any atom is 0.0726 e. The predicted molar refractivity (Wildman–Crippen MR) is 340 cm³/mol. The monoisotopic (exact) mass is 1050 g/mol. The van der Waals surface area contributed by atoms with E-state index in [4.69, 9.17) is 5.73 Å². The molecule has 0 saturated heterocycles. The first-order valence-corrected chi connectivity index (χ1v) is 28.8. The smallest absolute Gasteiger partial charge is 0.0726 e. The molecule has 16 rings (SSSR count). The van der Waals surface area contributed by atoms with Crippen LogP contribution in [0.5, 0.6) is 0 Å². The van der Waals surface area contributed by atoms with Crippen LogP contribution in [0.4, 0.5) is 17.1 Å². The number of rotatable bonds is 9. The normalized spacial score (nSPS) is 17.2. The average molecular weight is 1050 g/mol. The Morgan fingerprint density at radius 3 is 1.62 bits per heavy atom. The lowest BCUT2D eigenvalue weighted by molar-refractivity contribution is 0.751. The van der Waals surface area contributed by atoms with Crippen LogP contribution >= 0.6 is 0 Å². The van der Waals surface area contributed by atoms with Crippen LogP contribution in [-0.4, -0.2) is 0 Å². The summed E-state index contributed by atoms with van der Waals surface area (Å²) in [6, 6.07) is 101. The molecule has 82 heavy (non-hydrogen) atoms. The molecule has 11 aromatic rings. The van der Waals surface area contributed by atoms with Gasteiger partial charge in [-0.15, -0.1) is 0 Å². The summed E-state index contributed by atoms with van der Waals surface area (Å²) in [5, 5.41) is 4.07. The first-order chi connectivity index (χ1) is 40.6. The van der Waals surface area contributed by atoms with Crippen molar-refractivity contribution in [2.75, 3.05) is 4.90 Å². The number of hydrogen-bond donors (Lipinski definition) is 2. The zero-order chi connectivity index (χ0) is 54.4. The van der Waals surface area contributed by atoms with Crippen molar-refractivity contribution < 1.29 is 0 Å². The zero-order valence-electron chi connectivity index (χ0n) is 45.3. The molecular formula is C79H57N3. The molecule has 4 aliphatic carbocycles. The van der Waals surface area contributed by atoms with E-state index in [0.29, 0.717) is 0 Å². The molecule has 0 amide bonds. The standard InChI is InChI=1S/C79H57N3/c80-76(54-30-10-3-11-31-54)74(53-28-8-2-9-29-53)77-62-40-24-46-72(64(62)51-71(81-77)52-26-6-1-7-27-52)82(57-48-49-61-60-38-16-20-41-65(60)78(70(61)50-57,55-32-12-4-13-33-55)56-34-14-5-15-35-56)73-47-25-45-69-75(73)63-39-19-23-44-68(63)79(69)66-42-21-17-36-58(66)59-37-18-22-43-67(59)79/h1-4,6-14,16-51,76,81H,5,15,80H2/b77-74-. The number of nitrogens with zero attached hydrogens (tertiary/aromatic N) is 1. The third-order valence-corrected chi connectivity index (χ3v) is 18.2. The molecule has 0 saturated carbocycles. The van der Waals surface area contributed by atoms with E-state index in [1.54, 1.807) is 0 Å². The molecule has 1 aliphatic heterocycles. The van der Waals surface area contributed by atoms with Gasteiger partial charge in [0.05, 0.1) is 33.9 Å². The van der Waals surface area contributed by atoms with Gasteiger partial charge in [-0.2, -0.15) is 0 Å². The van der Waals surface area contributed by atoms with Gasteiger partial charge < -0.3 is 16.0 Å². The Hall–Kier alpha value is -10.1. The summed E-state index contributed by atoms with van der Waals surface area (Å²) in [5.41, 5.74) is 36.0. The Labute approximate surface area is 480 Å². The minimum atomic E-state index is -0.577. The molecule has 3 heteroatoms. The Kier molecular flexibility index (Phi) is 11.1. The minimum Gasteiger partial charge on any atom is -0.354 e. The van der Waals surface area contributed by atoms with Crippen molar-refractivity contribution in [1.29, 1.82) is 0 Å². The number of nitrogens with two attached hydrogens (primary N) is 1. The summed E-state index contributed by atoms with van der Waals surface area (Å²) in [5.74, 6) is 0. The largest absolute Gasteiger partial charge is 0.354 e. The summed E-state index contributed by atoms with van der Waals surface area (Å²) >= 11 is 0. The first-order valence-electron chi connectivity index (χ1n) is 28.8. The zero-order valence-corrected chi connectivity index (χ0v) is 45.3. The van der Waals surface area contributed by atoms with Crippen molar-refractivity contribution >= 4 is 40.1 Å². The fraction of sp³-hybridized carbons (Fsp3) is 0.0633. The van der Waals surface area contributed by atoms with Crippen LogP contribution in [0.25, 0.3) is 56.4 Å². The number of hydrogen-bond acceptors (Lipinski definition) is 3. The molecule has 0 aromatic heterocycles. The highest BCUT2D eigenvalue weighted by atomic mass is 15.2. The van der Waals surface area contributed by atoms with Crippen molar-refractivity contribution in [3.8, 4) is 33.4 Å².